The van der Waals surface area contributed by atoms with Crippen LogP contribution >= 0.6 is 11.6 Å². The Morgan fingerprint density at radius 3 is 2.56 bits per heavy atom. The van der Waals surface area contributed by atoms with E-state index in [2.05, 4.69) is 15.0 Å². The Hall–Kier alpha value is -1.97. The fraction of sp³-hybridized carbons (Fsp3) is 0.545. The highest BCUT2D eigenvalue weighted by atomic mass is 35.5. The number of aromatic nitrogens is 1. The lowest BCUT2D eigenvalue weighted by atomic mass is 9.84. The average Bonchev–Trinajstić information content (AvgIpc) is 2.63. The fourth-order valence-electron chi connectivity index (χ4n) is 3.76. The summed E-state index contributed by atoms with van der Waals surface area (Å²) in [6.45, 7) is 7.58. The smallest absolute Gasteiger partial charge is 0.408 e. The van der Waals surface area contributed by atoms with Gasteiger partial charge in [-0.3, -0.25) is 0 Å². The lowest BCUT2D eigenvalue weighted by Crippen LogP contribution is -2.37. The van der Waals surface area contributed by atoms with Crippen LogP contribution in [0.4, 0.5) is 9.18 Å². The molecular weight excluding hydrogens is 457 g/mol. The van der Waals surface area contributed by atoms with Crippen molar-refractivity contribution in [3.8, 4) is 0 Å². The van der Waals surface area contributed by atoms with Gasteiger partial charge in [0.25, 0.3) is 0 Å². The molecule has 0 fully saturated rings. The Kier molecular flexibility index (Phi) is 6.75. The maximum absolute atomic E-state index is 14.0. The summed E-state index contributed by atoms with van der Waals surface area (Å²) in [5.74, 6) is 0. The fourth-order valence-corrected chi connectivity index (χ4v) is 5.36. The van der Waals surface area contributed by atoms with E-state index in [1.165, 1.54) is 26.1 Å². The first kappa shape index (κ1) is 24.7. The number of hydrogen-bond donors (Lipinski definition) is 2. The van der Waals surface area contributed by atoms with Crippen LogP contribution in [0.15, 0.2) is 23.2 Å². The topological polar surface area (TPSA) is 97.4 Å². The molecule has 3 rings (SSSR count). The molecule has 1 aliphatic carbocycles. The van der Waals surface area contributed by atoms with Gasteiger partial charge in [0.05, 0.1) is 10.9 Å². The number of rotatable bonds is 5. The summed E-state index contributed by atoms with van der Waals surface area (Å²) in [6.07, 6.45) is 3.03. The van der Waals surface area contributed by atoms with E-state index < -0.39 is 27.4 Å². The molecule has 176 valence electrons. The highest BCUT2D eigenvalue weighted by molar-refractivity contribution is 7.89. The van der Waals surface area contributed by atoms with Crippen LogP contribution in [0.5, 0.6) is 0 Å². The van der Waals surface area contributed by atoms with E-state index in [-0.39, 0.29) is 22.6 Å². The van der Waals surface area contributed by atoms with Crippen LogP contribution in [0, 0.1) is 0 Å². The largest absolute Gasteiger partial charge is 0.444 e. The van der Waals surface area contributed by atoms with Gasteiger partial charge in [-0.15, -0.1) is 0 Å². The van der Waals surface area contributed by atoms with Gasteiger partial charge in [0.15, 0.2) is 0 Å². The number of ether oxygens (including phenoxy) is 1. The van der Waals surface area contributed by atoms with Crippen LogP contribution in [0.3, 0.4) is 0 Å². The average molecular weight is 486 g/mol. The van der Waals surface area contributed by atoms with Crippen molar-refractivity contribution in [1.82, 2.24) is 15.0 Å². The number of hydrogen-bond acceptors (Lipinski definition) is 5. The predicted octanol–water partition coefficient (Wildman–Crippen LogP) is 4.82. The number of nitrogens with one attached hydrogen (secondary N) is 2. The molecule has 1 heterocycles. The minimum atomic E-state index is -4.02. The molecule has 32 heavy (non-hydrogen) atoms. The lowest BCUT2D eigenvalue weighted by Gasteiger charge is -2.30. The summed E-state index contributed by atoms with van der Waals surface area (Å²) < 4.78 is 47.9. The van der Waals surface area contributed by atoms with Gasteiger partial charge < -0.3 is 10.1 Å². The number of halogens is 2. The molecule has 1 atom stereocenters. The number of sulfonamides is 1. The van der Waals surface area contributed by atoms with E-state index in [1.54, 1.807) is 26.8 Å². The number of benzene rings is 1. The third-order valence-corrected chi connectivity index (χ3v) is 6.68. The molecule has 1 amide bonds. The van der Waals surface area contributed by atoms with Gasteiger partial charge in [-0.2, -0.15) is 0 Å². The Morgan fingerprint density at radius 1 is 1.25 bits per heavy atom. The minimum absolute atomic E-state index is 0.0118. The number of carbonyl (C=O) groups excluding carboxylic acids is 1. The molecule has 0 bridgehead atoms. The number of aryl methyl sites for hydroxylation is 1. The summed E-state index contributed by atoms with van der Waals surface area (Å²) in [6, 6.07) is 2.70. The zero-order chi connectivity index (χ0) is 23.9. The van der Waals surface area contributed by atoms with Gasteiger partial charge in [-0.25, -0.2) is 27.3 Å². The molecule has 0 saturated carbocycles. The standard InChI is InChI=1S/C22H29ClFN3O4S/c1-21(2,3)31-20(28)27-16-8-6-7-13-9-17(32(29,30)26-12-22(4,5)24)14-10-18(23)25-11-15(14)19(13)16/h9-11,16,26H,6-8,12H2,1-5H3,(H,27,28). The van der Waals surface area contributed by atoms with Crippen molar-refractivity contribution in [2.75, 3.05) is 6.54 Å². The van der Waals surface area contributed by atoms with E-state index in [1.807, 2.05) is 0 Å². The molecule has 0 radical (unpaired) electrons. The number of carbonyl (C=O) groups is 1. The van der Waals surface area contributed by atoms with Crippen LogP contribution in [-0.2, 0) is 21.2 Å². The minimum Gasteiger partial charge on any atom is -0.444 e. The molecule has 2 aromatic rings. The normalized spacial score (nSPS) is 17.2. The Labute approximate surface area is 193 Å². The predicted molar refractivity (Wildman–Crippen MR) is 122 cm³/mol. The molecule has 1 aromatic heterocycles. The van der Waals surface area contributed by atoms with Gasteiger partial charge in [-0.1, -0.05) is 11.6 Å². The highest BCUT2D eigenvalue weighted by Crippen LogP contribution is 2.39. The van der Waals surface area contributed by atoms with Gasteiger partial charge in [0.1, 0.15) is 16.4 Å². The second kappa shape index (κ2) is 8.76. The van der Waals surface area contributed by atoms with Crippen molar-refractivity contribution in [2.24, 2.45) is 0 Å². The maximum atomic E-state index is 14.0. The number of amides is 1. The maximum Gasteiger partial charge on any atom is 0.408 e. The Bertz CT molecular complexity index is 1140. The molecule has 1 unspecified atom stereocenters. The first-order valence-corrected chi connectivity index (χ1v) is 12.3. The van der Waals surface area contributed by atoms with Gasteiger partial charge >= 0.3 is 6.09 Å². The van der Waals surface area contributed by atoms with E-state index >= 15 is 0 Å². The number of nitrogens with zero attached hydrogens (tertiary/aromatic N) is 1. The number of pyridine rings is 1. The number of fused-ring (bicyclic) bond motifs is 3. The van der Waals surface area contributed by atoms with Gasteiger partial charge in [-0.05, 0) is 77.1 Å². The van der Waals surface area contributed by atoms with E-state index in [4.69, 9.17) is 16.3 Å². The van der Waals surface area contributed by atoms with Crippen molar-refractivity contribution in [3.05, 3.63) is 34.6 Å². The van der Waals surface area contributed by atoms with Crippen LogP contribution in [0.25, 0.3) is 10.8 Å². The zero-order valence-corrected chi connectivity index (χ0v) is 20.5. The molecule has 1 aromatic carbocycles. The Morgan fingerprint density at radius 2 is 1.94 bits per heavy atom. The molecular formula is C22H29ClFN3O4S. The third-order valence-electron chi connectivity index (χ3n) is 5.03. The second-order valence-electron chi connectivity index (χ2n) is 9.63. The summed E-state index contributed by atoms with van der Waals surface area (Å²) in [5.41, 5.74) is -0.773. The van der Waals surface area contributed by atoms with Crippen LogP contribution in [0.1, 0.15) is 64.6 Å². The van der Waals surface area contributed by atoms with E-state index in [0.717, 1.165) is 17.5 Å². The highest BCUT2D eigenvalue weighted by Gasteiger charge is 2.30. The number of alkyl carbamates (subject to hydrolysis) is 1. The van der Waals surface area contributed by atoms with Crippen molar-refractivity contribution in [2.45, 2.75) is 76.1 Å². The van der Waals surface area contributed by atoms with E-state index in [9.17, 15) is 17.6 Å². The summed E-state index contributed by atoms with van der Waals surface area (Å²) in [7, 11) is -4.02. The van der Waals surface area contributed by atoms with Crippen LogP contribution in [0.2, 0.25) is 5.15 Å². The molecule has 0 saturated heterocycles. The summed E-state index contributed by atoms with van der Waals surface area (Å²) in [5, 5.41) is 3.98. The zero-order valence-electron chi connectivity index (χ0n) is 18.9. The molecule has 0 aliphatic heterocycles. The van der Waals surface area contributed by atoms with Crippen LogP contribution in [-0.4, -0.2) is 37.3 Å². The lowest BCUT2D eigenvalue weighted by molar-refractivity contribution is 0.0499. The van der Waals surface area contributed by atoms with Gasteiger partial charge in [0, 0.05) is 23.5 Å². The molecule has 1 aliphatic rings. The number of alkyl halides is 1. The second-order valence-corrected chi connectivity index (χ2v) is 11.8. The van der Waals surface area contributed by atoms with Gasteiger partial charge in [0.2, 0.25) is 10.0 Å². The first-order chi connectivity index (χ1) is 14.7. The van der Waals surface area contributed by atoms with Crippen LogP contribution < -0.4 is 10.0 Å². The molecule has 2 N–H and O–H groups in total. The van der Waals surface area contributed by atoms with Crippen molar-refractivity contribution < 1.29 is 22.3 Å². The molecule has 10 heteroatoms. The molecule has 7 nitrogen and oxygen atoms in total. The summed E-state index contributed by atoms with van der Waals surface area (Å²) >= 11 is 6.09. The first-order valence-electron chi connectivity index (χ1n) is 10.5. The molecule has 0 spiro atoms. The van der Waals surface area contributed by atoms with Crippen molar-refractivity contribution >= 4 is 38.5 Å². The van der Waals surface area contributed by atoms with Crippen molar-refractivity contribution in [1.29, 1.82) is 0 Å². The quantitative estimate of drug-likeness (QED) is 0.592. The third kappa shape index (κ3) is 5.88. The summed E-state index contributed by atoms with van der Waals surface area (Å²) in [4.78, 5) is 16.6. The van der Waals surface area contributed by atoms with Crippen molar-refractivity contribution in [3.63, 3.8) is 0 Å². The monoisotopic (exact) mass is 485 g/mol. The van der Waals surface area contributed by atoms with E-state index in [0.29, 0.717) is 23.6 Å². The SMILES string of the molecule is CC(C)(F)CNS(=O)(=O)c1cc2c(c3cnc(Cl)cc13)C(NC(=O)OC(C)(C)C)CCC2. The Balaban J connectivity index is 2.10.